The zero-order chi connectivity index (χ0) is 14.3. The molecule has 1 aliphatic rings. The molecule has 0 saturated carbocycles. The predicted molar refractivity (Wildman–Crippen MR) is 65.2 cm³/mol. The average Bonchev–Trinajstić information content (AvgIpc) is 2.53. The summed E-state index contributed by atoms with van der Waals surface area (Å²) in [6, 6.07) is 0. The number of carbonyl (C=O) groups excluding carboxylic acids is 1. The summed E-state index contributed by atoms with van der Waals surface area (Å²) in [4.78, 5) is 15.4. The number of rotatable bonds is 5. The van der Waals surface area contributed by atoms with Crippen molar-refractivity contribution in [3.63, 3.8) is 0 Å². The molecule has 0 radical (unpaired) electrons. The molecule has 1 amide bonds. The van der Waals surface area contributed by atoms with E-state index in [9.17, 15) is 18.0 Å². The minimum absolute atomic E-state index is 0.392. The molecule has 112 valence electrons. The summed E-state index contributed by atoms with van der Waals surface area (Å²) in [5, 5.41) is 0. The molecule has 0 bridgehead atoms. The Bertz CT molecular complexity index is 290. The zero-order valence-electron chi connectivity index (χ0n) is 10.6. The van der Waals surface area contributed by atoms with Crippen molar-refractivity contribution in [2.24, 2.45) is 0 Å². The smallest absolute Gasteiger partial charge is 0.362 e. The van der Waals surface area contributed by atoms with Crippen LogP contribution in [0.25, 0.3) is 0 Å². The van der Waals surface area contributed by atoms with Gasteiger partial charge in [0, 0.05) is 32.1 Å². The molecule has 0 aromatic heterocycles. The third-order valence-electron chi connectivity index (χ3n) is 2.83. The highest BCUT2D eigenvalue weighted by Crippen LogP contribution is 2.14. The first-order valence-electron chi connectivity index (χ1n) is 6.13. The van der Waals surface area contributed by atoms with Crippen molar-refractivity contribution in [2.75, 3.05) is 51.8 Å². The van der Waals surface area contributed by atoms with Crippen LogP contribution in [0.5, 0.6) is 0 Å². The van der Waals surface area contributed by atoms with Gasteiger partial charge in [0.05, 0.1) is 0 Å². The number of hydrogen-bond donors (Lipinski definition) is 0. The number of alkyl halides is 4. The van der Waals surface area contributed by atoms with E-state index in [-0.39, 0.29) is 0 Å². The van der Waals surface area contributed by atoms with Crippen LogP contribution in [0.15, 0.2) is 0 Å². The number of hydrogen-bond acceptors (Lipinski definition) is 3. The van der Waals surface area contributed by atoms with Crippen LogP contribution in [-0.2, 0) is 9.53 Å². The fourth-order valence-corrected chi connectivity index (χ4v) is 2.15. The minimum atomic E-state index is -4.39. The largest absolute Gasteiger partial charge is 0.411 e. The van der Waals surface area contributed by atoms with Crippen molar-refractivity contribution in [1.29, 1.82) is 0 Å². The Morgan fingerprint density at radius 1 is 1.21 bits per heavy atom. The van der Waals surface area contributed by atoms with Gasteiger partial charge in [-0.05, 0) is 13.0 Å². The molecular weight excluding hydrogens is 285 g/mol. The molecule has 1 rings (SSSR count). The number of halogens is 4. The summed E-state index contributed by atoms with van der Waals surface area (Å²) in [7, 11) is 0. The number of carbonyl (C=O) groups is 1. The molecule has 1 heterocycles. The van der Waals surface area contributed by atoms with Gasteiger partial charge in [0.25, 0.3) is 0 Å². The molecule has 4 nitrogen and oxygen atoms in total. The highest BCUT2D eigenvalue weighted by Gasteiger charge is 2.28. The Morgan fingerprint density at radius 2 is 1.95 bits per heavy atom. The number of ether oxygens (including phenoxy) is 1. The van der Waals surface area contributed by atoms with Crippen molar-refractivity contribution >= 4 is 17.5 Å². The second-order valence-electron chi connectivity index (χ2n) is 4.37. The van der Waals surface area contributed by atoms with E-state index in [0.29, 0.717) is 25.5 Å². The number of nitrogens with zero attached hydrogens (tertiary/aromatic N) is 2. The molecule has 0 aromatic carbocycles. The van der Waals surface area contributed by atoms with Crippen molar-refractivity contribution in [3.05, 3.63) is 0 Å². The van der Waals surface area contributed by atoms with E-state index in [0.717, 1.165) is 19.5 Å². The summed E-state index contributed by atoms with van der Waals surface area (Å²) < 4.78 is 40.0. The van der Waals surface area contributed by atoms with Gasteiger partial charge in [-0.15, -0.1) is 11.6 Å². The summed E-state index contributed by atoms with van der Waals surface area (Å²) >= 11 is 5.65. The van der Waals surface area contributed by atoms with E-state index in [1.165, 1.54) is 0 Å². The molecule has 0 unspecified atom stereocenters. The molecule has 8 heteroatoms. The van der Waals surface area contributed by atoms with Crippen LogP contribution in [0.1, 0.15) is 6.42 Å². The molecule has 0 N–H and O–H groups in total. The summed E-state index contributed by atoms with van der Waals surface area (Å²) in [6.45, 7) is 1.45. The topological polar surface area (TPSA) is 32.8 Å². The monoisotopic (exact) mass is 302 g/mol. The van der Waals surface area contributed by atoms with Crippen LogP contribution in [0.3, 0.4) is 0 Å². The lowest BCUT2D eigenvalue weighted by molar-refractivity contribution is -0.177. The van der Waals surface area contributed by atoms with Crippen LogP contribution >= 0.6 is 11.6 Å². The van der Waals surface area contributed by atoms with Crippen LogP contribution in [-0.4, -0.2) is 73.7 Å². The lowest BCUT2D eigenvalue weighted by Crippen LogP contribution is -2.38. The van der Waals surface area contributed by atoms with Gasteiger partial charge in [-0.2, -0.15) is 13.2 Å². The minimum Gasteiger partial charge on any atom is -0.362 e. The Labute approximate surface area is 115 Å². The van der Waals surface area contributed by atoms with Crippen LogP contribution in [0.2, 0.25) is 0 Å². The summed E-state index contributed by atoms with van der Waals surface area (Å²) in [6.07, 6.45) is -3.60. The quantitative estimate of drug-likeness (QED) is 0.719. The van der Waals surface area contributed by atoms with E-state index >= 15 is 0 Å². The van der Waals surface area contributed by atoms with Gasteiger partial charge < -0.3 is 14.5 Å². The summed E-state index contributed by atoms with van der Waals surface area (Å²) in [5.74, 6) is 0.139. The molecule has 1 fully saturated rings. The fraction of sp³-hybridized carbons (Fsp3) is 0.909. The van der Waals surface area contributed by atoms with Crippen molar-refractivity contribution < 1.29 is 22.7 Å². The molecule has 1 saturated heterocycles. The third-order valence-corrected chi connectivity index (χ3v) is 3.00. The van der Waals surface area contributed by atoms with Gasteiger partial charge in [0.2, 0.25) is 5.91 Å². The lowest BCUT2D eigenvalue weighted by Gasteiger charge is -2.21. The van der Waals surface area contributed by atoms with E-state index in [2.05, 4.69) is 9.64 Å². The fourth-order valence-electron chi connectivity index (χ4n) is 1.91. The van der Waals surface area contributed by atoms with Crippen molar-refractivity contribution in [1.82, 2.24) is 9.80 Å². The van der Waals surface area contributed by atoms with E-state index in [4.69, 9.17) is 11.6 Å². The van der Waals surface area contributed by atoms with Gasteiger partial charge in [0.1, 0.15) is 13.2 Å². The first kappa shape index (κ1) is 16.5. The Balaban J connectivity index is 2.29. The molecular formula is C11H18ClF3N2O2. The Morgan fingerprint density at radius 3 is 2.58 bits per heavy atom. The molecule has 0 aliphatic carbocycles. The highest BCUT2D eigenvalue weighted by atomic mass is 35.5. The van der Waals surface area contributed by atoms with Gasteiger partial charge in [-0.3, -0.25) is 4.79 Å². The number of amides is 1. The maximum Gasteiger partial charge on any atom is 0.411 e. The maximum atomic E-state index is 11.9. The van der Waals surface area contributed by atoms with Crippen LogP contribution in [0, 0.1) is 0 Å². The van der Waals surface area contributed by atoms with E-state index in [1.807, 2.05) is 0 Å². The highest BCUT2D eigenvalue weighted by molar-refractivity contribution is 6.18. The molecule has 1 aliphatic heterocycles. The van der Waals surface area contributed by atoms with Gasteiger partial charge in [-0.1, -0.05) is 0 Å². The third kappa shape index (κ3) is 6.98. The summed E-state index contributed by atoms with van der Waals surface area (Å²) in [5.41, 5.74) is 0. The second-order valence-corrected chi connectivity index (χ2v) is 4.75. The molecule has 19 heavy (non-hydrogen) atoms. The second kappa shape index (κ2) is 7.91. The predicted octanol–water partition coefficient (Wildman–Crippen LogP) is 1.34. The zero-order valence-corrected chi connectivity index (χ0v) is 11.3. The van der Waals surface area contributed by atoms with E-state index in [1.54, 1.807) is 4.90 Å². The average molecular weight is 303 g/mol. The Hall–Kier alpha value is -0.530. The first-order valence-corrected chi connectivity index (χ1v) is 6.66. The van der Waals surface area contributed by atoms with Crippen molar-refractivity contribution in [2.45, 2.75) is 12.6 Å². The van der Waals surface area contributed by atoms with Gasteiger partial charge >= 0.3 is 6.18 Å². The molecule has 0 atom stereocenters. The molecule has 0 spiro atoms. The van der Waals surface area contributed by atoms with Gasteiger partial charge in [-0.25, -0.2) is 0 Å². The van der Waals surface area contributed by atoms with Crippen LogP contribution in [0.4, 0.5) is 13.2 Å². The normalized spacial score (nSPS) is 18.4. The Kier molecular flexibility index (Phi) is 6.88. The van der Waals surface area contributed by atoms with Crippen LogP contribution < -0.4 is 0 Å². The molecule has 0 aromatic rings. The maximum absolute atomic E-state index is 11.9. The first-order chi connectivity index (χ1) is 8.92. The standard InChI is InChI=1S/C11H18ClF3N2O2/c12-2-5-16-3-1-4-17(7-6-16)10(18)8-19-9-11(13,14)15/h1-9H2. The van der Waals surface area contributed by atoms with Gasteiger partial charge in [0.15, 0.2) is 0 Å². The lowest BCUT2D eigenvalue weighted by atomic mass is 10.4. The SMILES string of the molecule is O=C(COCC(F)(F)F)N1CCCN(CCCl)CC1. The van der Waals surface area contributed by atoms with Crippen molar-refractivity contribution in [3.8, 4) is 0 Å². The van der Waals surface area contributed by atoms with E-state index < -0.39 is 25.3 Å².